The van der Waals surface area contributed by atoms with Gasteiger partial charge in [0.2, 0.25) is 5.91 Å². The lowest BCUT2D eigenvalue weighted by molar-refractivity contribution is -0.122. The topological polar surface area (TPSA) is 78.0 Å². The maximum atomic E-state index is 11.5. The van der Waals surface area contributed by atoms with Crippen molar-refractivity contribution in [2.45, 2.75) is 50.8 Å². The predicted octanol–water partition coefficient (Wildman–Crippen LogP) is 2.11. The zero-order valence-corrected chi connectivity index (χ0v) is 19.8. The van der Waals surface area contributed by atoms with E-state index in [4.69, 9.17) is 4.74 Å². The first-order chi connectivity index (χ1) is 13.7. The number of carbonyl (C=O) groups is 1. The maximum absolute atomic E-state index is 11.5. The van der Waals surface area contributed by atoms with Gasteiger partial charge in [0.15, 0.2) is 5.96 Å². The summed E-state index contributed by atoms with van der Waals surface area (Å²) >= 11 is 0. The fourth-order valence-corrected chi connectivity index (χ4v) is 3.52. The molecule has 0 bridgehead atoms. The van der Waals surface area contributed by atoms with Crippen LogP contribution < -0.4 is 20.7 Å². The number of benzene rings is 1. The van der Waals surface area contributed by atoms with Crippen molar-refractivity contribution >= 4 is 35.8 Å². The van der Waals surface area contributed by atoms with E-state index in [2.05, 4.69) is 31.9 Å². The smallest absolute Gasteiger partial charge is 0.233 e. The van der Waals surface area contributed by atoms with Gasteiger partial charge in [0.1, 0.15) is 5.75 Å². The van der Waals surface area contributed by atoms with Gasteiger partial charge in [0.05, 0.1) is 12.6 Å². The van der Waals surface area contributed by atoms with E-state index in [1.807, 2.05) is 18.2 Å². The molecule has 1 saturated carbocycles. The first-order valence-electron chi connectivity index (χ1n) is 10.3. The summed E-state index contributed by atoms with van der Waals surface area (Å²) in [6.07, 6.45) is 5.95. The molecule has 1 aliphatic heterocycles. The summed E-state index contributed by atoms with van der Waals surface area (Å²) in [5.41, 5.74) is 1.15. The zero-order chi connectivity index (χ0) is 19.8. The molecule has 1 heterocycles. The average molecular weight is 515 g/mol. The molecule has 8 heteroatoms. The van der Waals surface area contributed by atoms with Crippen LogP contribution >= 0.6 is 24.0 Å². The Balaban J connectivity index is 0.00000300. The van der Waals surface area contributed by atoms with E-state index in [9.17, 15) is 4.79 Å². The van der Waals surface area contributed by atoms with Crippen LogP contribution in [0.2, 0.25) is 0 Å². The maximum Gasteiger partial charge on any atom is 0.233 e. The molecule has 2 aliphatic rings. The second-order valence-electron chi connectivity index (χ2n) is 7.57. The Morgan fingerprint density at radius 3 is 2.55 bits per heavy atom. The molecule has 7 nitrogen and oxygen atoms in total. The number of ether oxygens (including phenoxy) is 1. The Hall–Kier alpha value is -1.55. The number of likely N-dealkylation sites (N-methyl/N-ethyl adjacent to an activating group) is 1. The number of nitrogens with one attached hydrogen (secondary N) is 3. The third-order valence-corrected chi connectivity index (χ3v) is 5.56. The summed E-state index contributed by atoms with van der Waals surface area (Å²) in [6, 6.07) is 8.59. The number of aliphatic imine (C=N–C) groups is 1. The molecule has 0 aromatic heterocycles. The number of likely N-dealkylation sites (tertiary alicyclic amines) is 1. The largest absolute Gasteiger partial charge is 0.490 e. The lowest BCUT2D eigenvalue weighted by atomic mass is 9.96. The Morgan fingerprint density at radius 1 is 1.21 bits per heavy atom. The van der Waals surface area contributed by atoms with E-state index in [1.165, 1.54) is 6.42 Å². The van der Waals surface area contributed by atoms with Crippen LogP contribution in [-0.4, -0.2) is 62.6 Å². The minimum atomic E-state index is 0. The number of para-hydroxylation sites is 1. The molecule has 0 atom stereocenters. The van der Waals surface area contributed by atoms with Gasteiger partial charge in [-0.15, -0.1) is 24.0 Å². The van der Waals surface area contributed by atoms with Crippen LogP contribution in [0.25, 0.3) is 0 Å². The highest BCUT2D eigenvalue weighted by Gasteiger charge is 2.22. The number of guanidine groups is 1. The van der Waals surface area contributed by atoms with Gasteiger partial charge in [-0.1, -0.05) is 18.2 Å². The van der Waals surface area contributed by atoms with Crippen LogP contribution in [0, 0.1) is 0 Å². The number of halogens is 1. The Bertz CT molecular complexity index is 673. The third kappa shape index (κ3) is 7.33. The number of carbonyl (C=O) groups excluding carboxylic acids is 1. The van der Waals surface area contributed by atoms with Gasteiger partial charge in [-0.3, -0.25) is 14.7 Å². The SMILES string of the molecule is CN=C(NCc1ccccc1OC1CCC1)NC1CCN(CC(=O)NC)CC1.I. The minimum Gasteiger partial charge on any atom is -0.490 e. The summed E-state index contributed by atoms with van der Waals surface area (Å²) in [4.78, 5) is 18.1. The van der Waals surface area contributed by atoms with Gasteiger partial charge >= 0.3 is 0 Å². The van der Waals surface area contributed by atoms with E-state index in [0.29, 0.717) is 25.2 Å². The number of piperidine rings is 1. The molecule has 0 spiro atoms. The molecule has 1 amide bonds. The molecule has 29 heavy (non-hydrogen) atoms. The Morgan fingerprint density at radius 2 is 1.93 bits per heavy atom. The molecule has 1 saturated heterocycles. The van der Waals surface area contributed by atoms with Crippen LogP contribution in [0.3, 0.4) is 0 Å². The van der Waals surface area contributed by atoms with Crippen LogP contribution in [0.5, 0.6) is 5.75 Å². The Labute approximate surface area is 191 Å². The molecule has 2 fully saturated rings. The molecule has 0 unspecified atom stereocenters. The molecule has 3 rings (SSSR count). The van der Waals surface area contributed by atoms with Gasteiger partial charge in [0.25, 0.3) is 0 Å². The third-order valence-electron chi connectivity index (χ3n) is 5.56. The number of amides is 1. The van der Waals surface area contributed by atoms with Gasteiger partial charge in [-0.05, 0) is 38.2 Å². The van der Waals surface area contributed by atoms with Gasteiger partial charge in [0, 0.05) is 45.3 Å². The summed E-state index contributed by atoms with van der Waals surface area (Å²) in [5, 5.41) is 9.62. The highest BCUT2D eigenvalue weighted by molar-refractivity contribution is 14.0. The van der Waals surface area contributed by atoms with Crippen molar-refractivity contribution < 1.29 is 9.53 Å². The van der Waals surface area contributed by atoms with Crippen molar-refractivity contribution in [3.63, 3.8) is 0 Å². The molecule has 1 aliphatic carbocycles. The molecule has 1 aromatic carbocycles. The molecule has 0 radical (unpaired) electrons. The summed E-state index contributed by atoms with van der Waals surface area (Å²) in [6.45, 7) is 2.99. The van der Waals surface area contributed by atoms with Gasteiger partial charge in [-0.25, -0.2) is 0 Å². The van der Waals surface area contributed by atoms with Gasteiger partial charge < -0.3 is 20.7 Å². The number of rotatable bonds is 7. The summed E-state index contributed by atoms with van der Waals surface area (Å²) in [7, 11) is 3.48. The summed E-state index contributed by atoms with van der Waals surface area (Å²) < 4.78 is 6.11. The van der Waals surface area contributed by atoms with Crippen molar-refractivity contribution in [2.24, 2.45) is 4.99 Å². The van der Waals surface area contributed by atoms with Crippen molar-refractivity contribution in [3.05, 3.63) is 29.8 Å². The fraction of sp³-hybridized carbons (Fsp3) is 0.619. The van der Waals surface area contributed by atoms with E-state index in [-0.39, 0.29) is 29.9 Å². The highest BCUT2D eigenvalue weighted by Crippen LogP contribution is 2.27. The summed E-state index contributed by atoms with van der Waals surface area (Å²) in [5.74, 6) is 1.85. The highest BCUT2D eigenvalue weighted by atomic mass is 127. The first-order valence-corrected chi connectivity index (χ1v) is 10.3. The Kier molecular flexibility index (Phi) is 9.99. The second-order valence-corrected chi connectivity index (χ2v) is 7.57. The van der Waals surface area contributed by atoms with Crippen LogP contribution in [0.1, 0.15) is 37.7 Å². The average Bonchev–Trinajstić information content (AvgIpc) is 2.69. The second kappa shape index (κ2) is 12.2. The number of hydrogen-bond acceptors (Lipinski definition) is 4. The fourth-order valence-electron chi connectivity index (χ4n) is 3.52. The van der Waals surface area contributed by atoms with Crippen LogP contribution in [0.4, 0.5) is 0 Å². The van der Waals surface area contributed by atoms with Crippen molar-refractivity contribution in [1.29, 1.82) is 0 Å². The van der Waals surface area contributed by atoms with Crippen molar-refractivity contribution in [2.75, 3.05) is 33.7 Å². The van der Waals surface area contributed by atoms with Crippen molar-refractivity contribution in [1.82, 2.24) is 20.9 Å². The number of nitrogens with zero attached hydrogens (tertiary/aromatic N) is 2. The zero-order valence-electron chi connectivity index (χ0n) is 17.4. The van der Waals surface area contributed by atoms with Crippen molar-refractivity contribution in [3.8, 4) is 5.75 Å². The molecular weight excluding hydrogens is 481 g/mol. The van der Waals surface area contributed by atoms with E-state index >= 15 is 0 Å². The molecule has 1 aromatic rings. The molecule has 162 valence electrons. The van der Waals surface area contributed by atoms with Crippen LogP contribution in [-0.2, 0) is 11.3 Å². The van der Waals surface area contributed by atoms with E-state index in [0.717, 1.165) is 56.0 Å². The number of hydrogen-bond donors (Lipinski definition) is 3. The lowest BCUT2D eigenvalue weighted by Crippen LogP contribution is -2.49. The normalized spacial score (nSPS) is 18.3. The predicted molar refractivity (Wildman–Crippen MR) is 127 cm³/mol. The quantitative estimate of drug-likeness (QED) is 0.295. The standard InChI is InChI=1S/C21H33N5O2.HI/c1-22-20(27)15-26-12-10-17(11-13-26)25-21(23-2)24-14-16-6-3-4-9-19(16)28-18-7-5-8-18;/h3-4,6,9,17-18H,5,7-8,10-15H2,1-2H3,(H,22,27)(H2,23,24,25);1H. The first kappa shape index (κ1) is 23.7. The lowest BCUT2D eigenvalue weighted by Gasteiger charge is -2.32. The molecule has 3 N–H and O–H groups in total. The minimum absolute atomic E-state index is 0. The van der Waals surface area contributed by atoms with Gasteiger partial charge in [-0.2, -0.15) is 0 Å². The van der Waals surface area contributed by atoms with E-state index < -0.39 is 0 Å². The van der Waals surface area contributed by atoms with Crippen LogP contribution in [0.15, 0.2) is 29.3 Å². The monoisotopic (exact) mass is 515 g/mol. The van der Waals surface area contributed by atoms with E-state index in [1.54, 1.807) is 14.1 Å². The molecular formula is C21H34IN5O2.